The number of rotatable bonds is 3. The van der Waals surface area contributed by atoms with Gasteiger partial charge >= 0.3 is 0 Å². The molecule has 0 atom stereocenters. The maximum absolute atomic E-state index is 2.41. The first kappa shape index (κ1) is 24.6. The molecule has 0 saturated carbocycles. The maximum atomic E-state index is 2.41. The van der Waals surface area contributed by atoms with Crippen molar-refractivity contribution in [1.82, 2.24) is 4.57 Å². The van der Waals surface area contributed by atoms with Crippen molar-refractivity contribution in [2.75, 3.05) is 0 Å². The van der Waals surface area contributed by atoms with Crippen molar-refractivity contribution in [1.29, 1.82) is 0 Å². The van der Waals surface area contributed by atoms with E-state index >= 15 is 0 Å². The van der Waals surface area contributed by atoms with E-state index in [1.807, 2.05) is 11.3 Å². The summed E-state index contributed by atoms with van der Waals surface area (Å²) in [5, 5.41) is 4.97. The first-order valence-corrected chi connectivity index (χ1v) is 15.1. The largest absolute Gasteiger partial charge is 0.310 e. The second-order valence-electron chi connectivity index (χ2n) is 10.6. The Balaban J connectivity index is 1.54. The van der Waals surface area contributed by atoms with Gasteiger partial charge in [-0.15, -0.1) is 11.3 Å². The maximum Gasteiger partial charge on any atom is 0.0540 e. The lowest BCUT2D eigenvalue weighted by Gasteiger charge is -2.15. The van der Waals surface area contributed by atoms with Crippen molar-refractivity contribution < 1.29 is 0 Å². The number of fused-ring (bicyclic) bond motifs is 5. The highest BCUT2D eigenvalue weighted by Crippen LogP contribution is 2.34. The average Bonchev–Trinajstić information content (AvgIpc) is 3.07. The Kier molecular flexibility index (Phi) is 6.05. The third kappa shape index (κ3) is 4.43. The molecule has 0 aliphatic rings. The third-order valence-electron chi connectivity index (χ3n) is 8.03. The fourth-order valence-corrected chi connectivity index (χ4v) is 6.90. The first-order chi connectivity index (χ1) is 20.8. The highest BCUT2D eigenvalue weighted by Gasteiger charge is 2.10. The van der Waals surface area contributed by atoms with E-state index in [0.717, 1.165) is 16.7 Å². The number of hydrogen-bond donors (Lipinski definition) is 0. The van der Waals surface area contributed by atoms with Gasteiger partial charge in [0.25, 0.3) is 0 Å². The van der Waals surface area contributed by atoms with Crippen molar-refractivity contribution in [3.05, 3.63) is 164 Å². The molecule has 0 spiro atoms. The van der Waals surface area contributed by atoms with Gasteiger partial charge in [0, 0.05) is 26.0 Å². The molecule has 7 aromatic carbocycles. The molecule has 0 fully saturated rings. The highest BCUT2D eigenvalue weighted by molar-refractivity contribution is 7.22. The fourth-order valence-electron chi connectivity index (χ4n) is 5.99. The SMILES string of the molecule is c1ccc(-c2ccc(-n3c4cccc(c4)sc4ccc5cccc(c5c4)c4cc(-c5ccccc5)ccc43)cc2)cc1. The molecule has 1 nitrogen and oxygen atoms in total. The van der Waals surface area contributed by atoms with Gasteiger partial charge in [0.1, 0.15) is 0 Å². The quantitative estimate of drug-likeness (QED) is 0.205. The van der Waals surface area contributed by atoms with E-state index in [2.05, 4.69) is 168 Å². The van der Waals surface area contributed by atoms with Crippen LogP contribution in [0.5, 0.6) is 0 Å². The Bertz CT molecular complexity index is 2270. The van der Waals surface area contributed by atoms with Gasteiger partial charge in [-0.1, -0.05) is 109 Å². The molecular weight excluding hydrogens is 527 g/mol. The number of benzene rings is 7. The minimum Gasteiger partial charge on any atom is -0.310 e. The van der Waals surface area contributed by atoms with Gasteiger partial charge in [0.15, 0.2) is 0 Å². The number of nitrogens with zero attached hydrogens (tertiary/aromatic N) is 1. The van der Waals surface area contributed by atoms with Gasteiger partial charge in [0.2, 0.25) is 0 Å². The van der Waals surface area contributed by atoms with Crippen LogP contribution in [0.25, 0.3) is 69.9 Å². The molecule has 1 heterocycles. The van der Waals surface area contributed by atoms with Crippen LogP contribution in [0, 0.1) is 0 Å². The molecule has 0 N–H and O–H groups in total. The summed E-state index contributed by atoms with van der Waals surface area (Å²) in [5.41, 5.74) is 8.28. The van der Waals surface area contributed by atoms with Crippen molar-refractivity contribution >= 4 is 53.3 Å². The molecule has 1 aromatic heterocycles. The monoisotopic (exact) mass is 553 g/mol. The minimum absolute atomic E-state index is 1.13. The normalized spacial score (nSPS) is 11.3. The zero-order chi connectivity index (χ0) is 27.9. The van der Waals surface area contributed by atoms with E-state index in [1.165, 1.54) is 53.2 Å². The average molecular weight is 554 g/mol. The molecule has 8 rings (SSSR count). The second-order valence-corrected chi connectivity index (χ2v) is 11.8. The lowest BCUT2D eigenvalue weighted by Crippen LogP contribution is -1.98. The fraction of sp³-hybridized carbons (Fsp3) is 0. The van der Waals surface area contributed by atoms with Gasteiger partial charge < -0.3 is 4.57 Å². The Morgan fingerprint density at radius 2 is 1.05 bits per heavy atom. The molecule has 0 radical (unpaired) electrons. The van der Waals surface area contributed by atoms with Crippen LogP contribution >= 0.6 is 11.3 Å². The minimum atomic E-state index is 1.13. The van der Waals surface area contributed by atoms with Crippen molar-refractivity contribution in [2.45, 2.75) is 0 Å². The van der Waals surface area contributed by atoms with Crippen LogP contribution in [-0.4, -0.2) is 4.57 Å². The summed E-state index contributed by atoms with van der Waals surface area (Å²) in [6.45, 7) is 0. The van der Waals surface area contributed by atoms with Crippen LogP contribution < -0.4 is 0 Å². The molecule has 0 amide bonds. The van der Waals surface area contributed by atoms with Gasteiger partial charge in [-0.2, -0.15) is 0 Å². The molecule has 198 valence electrons. The molecule has 42 heavy (non-hydrogen) atoms. The van der Waals surface area contributed by atoms with Crippen LogP contribution in [0.1, 0.15) is 0 Å². The van der Waals surface area contributed by atoms with Gasteiger partial charge in [-0.3, -0.25) is 0 Å². The van der Waals surface area contributed by atoms with Gasteiger partial charge in [-0.05, 0) is 93.0 Å². The second kappa shape index (κ2) is 10.3. The summed E-state index contributed by atoms with van der Waals surface area (Å²) in [6.07, 6.45) is 0. The summed E-state index contributed by atoms with van der Waals surface area (Å²) in [4.78, 5) is 0. The lowest BCUT2D eigenvalue weighted by atomic mass is 9.99. The molecule has 0 aliphatic carbocycles. The smallest absolute Gasteiger partial charge is 0.0540 e. The summed E-state index contributed by atoms with van der Waals surface area (Å²) >= 11 is 1.82. The number of hydrogen-bond acceptors (Lipinski definition) is 1. The van der Waals surface area contributed by atoms with Crippen molar-refractivity contribution in [2.24, 2.45) is 0 Å². The zero-order valence-electron chi connectivity index (χ0n) is 22.9. The Morgan fingerprint density at radius 1 is 0.381 bits per heavy atom. The molecule has 2 heteroatoms. The Hall–Kier alpha value is -5.18. The lowest BCUT2D eigenvalue weighted by molar-refractivity contribution is 1.17. The van der Waals surface area contributed by atoms with Crippen LogP contribution in [0.3, 0.4) is 0 Å². The van der Waals surface area contributed by atoms with E-state index in [1.54, 1.807) is 0 Å². The van der Waals surface area contributed by atoms with Crippen LogP contribution in [0.2, 0.25) is 0 Å². The third-order valence-corrected chi connectivity index (χ3v) is 9.01. The van der Waals surface area contributed by atoms with E-state index in [4.69, 9.17) is 0 Å². The summed E-state index contributed by atoms with van der Waals surface area (Å²) in [6, 6.07) is 59.6. The zero-order valence-corrected chi connectivity index (χ0v) is 23.8. The summed E-state index contributed by atoms with van der Waals surface area (Å²) < 4.78 is 4.88. The Morgan fingerprint density at radius 3 is 1.83 bits per heavy atom. The van der Waals surface area contributed by atoms with Crippen LogP contribution in [-0.2, 0) is 0 Å². The van der Waals surface area contributed by atoms with Crippen molar-refractivity contribution in [3.8, 4) is 27.9 Å². The highest BCUT2D eigenvalue weighted by atomic mass is 32.1. The molecule has 4 bridgehead atoms. The van der Waals surface area contributed by atoms with Crippen molar-refractivity contribution in [3.63, 3.8) is 0 Å². The van der Waals surface area contributed by atoms with E-state index in [0.29, 0.717) is 0 Å². The molecule has 0 aliphatic heterocycles. The molecular formula is C40H27NS. The summed E-state index contributed by atoms with van der Waals surface area (Å²) in [5.74, 6) is 0. The molecule has 0 saturated heterocycles. The van der Waals surface area contributed by atoms with Crippen LogP contribution in [0.4, 0.5) is 0 Å². The van der Waals surface area contributed by atoms with Gasteiger partial charge in [-0.25, -0.2) is 0 Å². The summed E-state index contributed by atoms with van der Waals surface area (Å²) in [7, 11) is 0. The predicted molar refractivity (Wildman–Crippen MR) is 182 cm³/mol. The molecule has 8 aromatic rings. The topological polar surface area (TPSA) is 4.93 Å². The van der Waals surface area contributed by atoms with E-state index in [9.17, 15) is 0 Å². The van der Waals surface area contributed by atoms with Crippen LogP contribution in [0.15, 0.2) is 164 Å². The van der Waals surface area contributed by atoms with E-state index in [-0.39, 0.29) is 0 Å². The van der Waals surface area contributed by atoms with E-state index < -0.39 is 0 Å². The predicted octanol–water partition coefficient (Wildman–Crippen LogP) is 11.6. The number of aromatic nitrogens is 1. The van der Waals surface area contributed by atoms with Gasteiger partial charge in [0.05, 0.1) is 5.52 Å². The standard InChI is InChI=1S/C40H27NS/c1-3-9-28(10-4-1)30-17-21-33(22-18-30)41-34-14-8-15-35(26-34)42-36-23-19-31-13-7-16-37(38(31)27-36)39-25-32(20-24-40(39)41)29-11-5-2-6-12-29/h1-27H. The first-order valence-electron chi connectivity index (χ1n) is 14.3. The Labute approximate surface area is 248 Å². The molecule has 0 unspecified atom stereocenters.